The second-order valence-electron chi connectivity index (χ2n) is 3.09. The predicted molar refractivity (Wildman–Crippen MR) is 60.4 cm³/mol. The molecule has 1 amide bonds. The van der Waals surface area contributed by atoms with Gasteiger partial charge in [-0.1, -0.05) is 6.07 Å². The molecule has 6 N–H and O–H groups in total. The molecule has 14 heavy (non-hydrogen) atoms. The number of rotatable bonds is 3. The number of benzene rings is 1. The Hall–Kier alpha value is -0.820. The van der Waals surface area contributed by atoms with Gasteiger partial charge in [0.25, 0.3) is 5.91 Å². The van der Waals surface area contributed by atoms with Crippen molar-refractivity contribution in [2.24, 2.45) is 5.73 Å². The van der Waals surface area contributed by atoms with E-state index in [2.05, 4.69) is 5.73 Å². The molecule has 4 nitrogen and oxygen atoms in total. The zero-order chi connectivity index (χ0) is 10.7. The van der Waals surface area contributed by atoms with Crippen LogP contribution in [0.4, 0.5) is 0 Å². The second kappa shape index (κ2) is 4.61. The zero-order valence-corrected chi connectivity index (χ0v) is 9.69. The fraction of sp³-hybridized carbons (Fsp3) is 0.222. The Morgan fingerprint density at radius 3 is 2.79 bits per heavy atom. The van der Waals surface area contributed by atoms with Crippen LogP contribution >= 0.6 is 22.6 Å². The van der Waals surface area contributed by atoms with E-state index in [0.29, 0.717) is 6.42 Å². The van der Waals surface area contributed by atoms with E-state index < -0.39 is 11.9 Å². The van der Waals surface area contributed by atoms with Crippen molar-refractivity contribution in [1.29, 1.82) is 0 Å². The van der Waals surface area contributed by atoms with Crippen LogP contribution < -0.4 is 11.5 Å². The average Bonchev–Trinajstić information content (AvgIpc) is 2.11. The Morgan fingerprint density at radius 2 is 2.29 bits per heavy atom. The van der Waals surface area contributed by atoms with Gasteiger partial charge < -0.3 is 16.6 Å². The van der Waals surface area contributed by atoms with Crippen molar-refractivity contribution in [1.82, 2.24) is 0 Å². The maximum Gasteiger partial charge on any atom is 0.275 e. The van der Waals surface area contributed by atoms with Gasteiger partial charge in [-0.2, -0.15) is 0 Å². The fourth-order valence-electron chi connectivity index (χ4n) is 1.06. The van der Waals surface area contributed by atoms with Gasteiger partial charge in [-0.15, -0.1) is 0 Å². The Bertz CT molecular complexity index is 355. The Labute approximate surface area is 95.4 Å². The minimum absolute atomic E-state index is 0.244. The Balaban J connectivity index is 2.78. The third-order valence-corrected chi connectivity index (χ3v) is 2.76. The molecule has 0 aromatic heterocycles. The van der Waals surface area contributed by atoms with Gasteiger partial charge in [-0.25, -0.2) is 0 Å². The summed E-state index contributed by atoms with van der Waals surface area (Å²) in [6.45, 7) is 0. The second-order valence-corrected chi connectivity index (χ2v) is 4.25. The molecule has 0 heterocycles. The number of halogens is 1. The number of hydrogen-bond acceptors (Lipinski definition) is 2. The van der Waals surface area contributed by atoms with Crippen molar-refractivity contribution >= 4 is 28.5 Å². The highest BCUT2D eigenvalue weighted by molar-refractivity contribution is 14.1. The van der Waals surface area contributed by atoms with Crippen LogP contribution in [0.3, 0.4) is 0 Å². The van der Waals surface area contributed by atoms with Crippen molar-refractivity contribution in [2.45, 2.75) is 12.5 Å². The molecule has 0 saturated carbocycles. The molecule has 1 rings (SSSR count). The first-order chi connectivity index (χ1) is 6.50. The molecule has 1 aromatic carbocycles. The number of quaternary nitrogens is 1. The minimum Gasteiger partial charge on any atom is -0.507 e. The highest BCUT2D eigenvalue weighted by atomic mass is 127. The molecule has 5 heteroatoms. The quantitative estimate of drug-likeness (QED) is 0.665. The van der Waals surface area contributed by atoms with Gasteiger partial charge in [0, 0.05) is 6.42 Å². The van der Waals surface area contributed by atoms with Gasteiger partial charge in [0.05, 0.1) is 3.57 Å². The molecule has 0 aliphatic rings. The molecule has 0 fully saturated rings. The van der Waals surface area contributed by atoms with E-state index in [-0.39, 0.29) is 5.75 Å². The maximum atomic E-state index is 10.8. The predicted octanol–water partition coefficient (Wildman–Crippen LogP) is -0.365. The summed E-state index contributed by atoms with van der Waals surface area (Å²) in [6, 6.07) is 4.76. The lowest BCUT2D eigenvalue weighted by Gasteiger charge is -2.05. The topological polar surface area (TPSA) is 91.0 Å². The summed E-state index contributed by atoms with van der Waals surface area (Å²) in [7, 11) is 0. The summed E-state index contributed by atoms with van der Waals surface area (Å²) in [5, 5.41) is 9.27. The standard InChI is InChI=1S/C9H11IN2O2/c10-6-3-5(1-2-8(6)13)4-7(11)9(12)14/h1-3,7,13H,4,11H2,(H2,12,14)/p+1/t7-/m0/s1. The molecule has 0 aliphatic carbocycles. The summed E-state index contributed by atoms with van der Waals surface area (Å²) in [4.78, 5) is 10.8. The van der Waals surface area contributed by atoms with Gasteiger partial charge >= 0.3 is 0 Å². The molecular weight excluding hydrogens is 295 g/mol. The Morgan fingerprint density at radius 1 is 1.64 bits per heavy atom. The van der Waals surface area contributed by atoms with Gasteiger partial charge in [-0.05, 0) is 40.3 Å². The largest absolute Gasteiger partial charge is 0.507 e. The minimum atomic E-state index is -0.421. The van der Waals surface area contributed by atoms with E-state index in [9.17, 15) is 9.90 Å². The van der Waals surface area contributed by atoms with Crippen LogP contribution in [-0.4, -0.2) is 17.1 Å². The maximum absolute atomic E-state index is 10.8. The number of aromatic hydroxyl groups is 1. The number of primary amides is 1. The SMILES string of the molecule is NC(=O)[C@@H]([NH3+])Cc1ccc(O)c(I)c1. The van der Waals surface area contributed by atoms with E-state index in [0.717, 1.165) is 9.13 Å². The smallest absolute Gasteiger partial charge is 0.275 e. The lowest BCUT2D eigenvalue weighted by molar-refractivity contribution is -0.402. The zero-order valence-electron chi connectivity index (χ0n) is 7.53. The van der Waals surface area contributed by atoms with Crippen LogP contribution in [-0.2, 0) is 11.2 Å². The number of nitrogens with two attached hydrogens (primary N) is 1. The molecule has 0 bridgehead atoms. The number of amides is 1. The lowest BCUT2D eigenvalue weighted by atomic mass is 10.1. The van der Waals surface area contributed by atoms with Crippen molar-refractivity contribution in [3.8, 4) is 5.75 Å². The van der Waals surface area contributed by atoms with Crippen LogP contribution in [0.2, 0.25) is 0 Å². The van der Waals surface area contributed by atoms with Crippen LogP contribution in [0.5, 0.6) is 5.75 Å². The van der Waals surface area contributed by atoms with E-state index in [1.807, 2.05) is 28.7 Å². The number of phenolic OH excluding ortho intramolecular Hbond substituents is 1. The van der Waals surface area contributed by atoms with E-state index in [1.165, 1.54) is 0 Å². The third-order valence-electron chi connectivity index (χ3n) is 1.90. The van der Waals surface area contributed by atoms with Crippen LogP contribution in [0.25, 0.3) is 0 Å². The van der Waals surface area contributed by atoms with Gasteiger partial charge in [-0.3, -0.25) is 4.79 Å². The number of hydrogen-bond donors (Lipinski definition) is 3. The Kier molecular flexibility index (Phi) is 3.70. The van der Waals surface area contributed by atoms with Crippen molar-refractivity contribution < 1.29 is 15.6 Å². The van der Waals surface area contributed by atoms with Crippen LogP contribution in [0, 0.1) is 3.57 Å². The lowest BCUT2D eigenvalue weighted by Crippen LogP contribution is -2.67. The monoisotopic (exact) mass is 307 g/mol. The number of carbonyl (C=O) groups is 1. The van der Waals surface area contributed by atoms with Crippen LogP contribution in [0.1, 0.15) is 5.56 Å². The highest BCUT2D eigenvalue weighted by Crippen LogP contribution is 2.20. The first-order valence-electron chi connectivity index (χ1n) is 4.10. The molecule has 0 unspecified atom stereocenters. The van der Waals surface area contributed by atoms with Gasteiger partial charge in [0.2, 0.25) is 0 Å². The van der Waals surface area contributed by atoms with Crippen molar-refractivity contribution in [3.63, 3.8) is 0 Å². The molecule has 0 saturated heterocycles. The summed E-state index contributed by atoms with van der Waals surface area (Å²) in [5.74, 6) is -0.165. The summed E-state index contributed by atoms with van der Waals surface area (Å²) >= 11 is 2.03. The first-order valence-corrected chi connectivity index (χ1v) is 5.18. The first kappa shape index (κ1) is 11.3. The molecule has 0 radical (unpaired) electrons. The highest BCUT2D eigenvalue weighted by Gasteiger charge is 2.14. The molecule has 76 valence electrons. The van der Waals surface area contributed by atoms with E-state index in [4.69, 9.17) is 5.73 Å². The molecule has 1 aromatic rings. The normalized spacial score (nSPS) is 12.4. The van der Waals surface area contributed by atoms with E-state index >= 15 is 0 Å². The van der Waals surface area contributed by atoms with Crippen molar-refractivity contribution in [2.75, 3.05) is 0 Å². The molecule has 1 atom stereocenters. The third kappa shape index (κ3) is 2.85. The van der Waals surface area contributed by atoms with Crippen molar-refractivity contribution in [3.05, 3.63) is 27.3 Å². The molecule has 0 aliphatic heterocycles. The molecular formula is C9H12IN2O2+. The average molecular weight is 307 g/mol. The van der Waals surface area contributed by atoms with Gasteiger partial charge in [0.1, 0.15) is 5.75 Å². The summed E-state index contributed by atoms with van der Waals surface area (Å²) < 4.78 is 0.761. The van der Waals surface area contributed by atoms with Crippen LogP contribution in [0.15, 0.2) is 18.2 Å². The van der Waals surface area contributed by atoms with Gasteiger partial charge in [0.15, 0.2) is 6.04 Å². The summed E-state index contributed by atoms with van der Waals surface area (Å²) in [6.07, 6.45) is 0.506. The van der Waals surface area contributed by atoms with E-state index in [1.54, 1.807) is 12.1 Å². The number of carbonyl (C=O) groups excluding carboxylic acids is 1. The number of phenols is 1. The summed E-state index contributed by atoms with van der Waals surface area (Å²) in [5.41, 5.74) is 9.69. The fourth-order valence-corrected chi connectivity index (χ4v) is 1.64. The molecule has 0 spiro atoms.